The molecular formula is C16H26N2O. The van der Waals surface area contributed by atoms with E-state index in [0.29, 0.717) is 0 Å². The minimum atomic E-state index is 0.888. The molecule has 0 bridgehead atoms. The first-order valence-corrected chi connectivity index (χ1v) is 7.36. The number of ether oxygens (including phenoxy) is 1. The monoisotopic (exact) mass is 262 g/mol. The molecule has 1 aromatic carbocycles. The number of piperidine rings is 1. The van der Waals surface area contributed by atoms with Gasteiger partial charge in [-0.3, -0.25) is 0 Å². The second-order valence-corrected chi connectivity index (χ2v) is 5.39. The zero-order chi connectivity index (χ0) is 13.5. The third kappa shape index (κ3) is 4.51. The summed E-state index contributed by atoms with van der Waals surface area (Å²) in [6, 6.07) is 6.35. The number of likely N-dealkylation sites (tertiary alicyclic amines) is 1. The van der Waals surface area contributed by atoms with Gasteiger partial charge in [-0.25, -0.2) is 0 Å². The Hall–Kier alpha value is -1.06. The van der Waals surface area contributed by atoms with E-state index in [1.807, 2.05) is 0 Å². The van der Waals surface area contributed by atoms with E-state index < -0.39 is 0 Å². The Morgan fingerprint density at radius 1 is 1.21 bits per heavy atom. The van der Waals surface area contributed by atoms with E-state index >= 15 is 0 Å². The molecule has 1 saturated heterocycles. The summed E-state index contributed by atoms with van der Waals surface area (Å²) in [5, 5.41) is 3.53. The second-order valence-electron chi connectivity index (χ2n) is 5.39. The Morgan fingerprint density at radius 3 is 2.74 bits per heavy atom. The molecule has 1 N–H and O–H groups in total. The highest BCUT2D eigenvalue weighted by molar-refractivity contribution is 5.36. The zero-order valence-electron chi connectivity index (χ0n) is 12.2. The first-order valence-electron chi connectivity index (χ1n) is 7.36. The number of hydrogen-bond acceptors (Lipinski definition) is 3. The van der Waals surface area contributed by atoms with Gasteiger partial charge in [0.25, 0.3) is 0 Å². The quantitative estimate of drug-likeness (QED) is 0.798. The van der Waals surface area contributed by atoms with Gasteiger partial charge in [-0.2, -0.15) is 0 Å². The van der Waals surface area contributed by atoms with Crippen molar-refractivity contribution in [1.82, 2.24) is 10.2 Å². The largest absolute Gasteiger partial charge is 0.496 e. The lowest BCUT2D eigenvalue weighted by Gasteiger charge is -2.26. The van der Waals surface area contributed by atoms with Gasteiger partial charge in [0.2, 0.25) is 0 Å². The third-order valence-corrected chi connectivity index (χ3v) is 3.80. The van der Waals surface area contributed by atoms with Crippen LogP contribution in [0.25, 0.3) is 0 Å². The van der Waals surface area contributed by atoms with Crippen molar-refractivity contribution in [1.29, 1.82) is 0 Å². The van der Waals surface area contributed by atoms with E-state index in [-0.39, 0.29) is 0 Å². The average molecular weight is 262 g/mol. The highest BCUT2D eigenvalue weighted by atomic mass is 16.5. The van der Waals surface area contributed by atoms with E-state index in [4.69, 9.17) is 4.74 Å². The zero-order valence-corrected chi connectivity index (χ0v) is 12.2. The molecule has 3 nitrogen and oxygen atoms in total. The summed E-state index contributed by atoms with van der Waals surface area (Å²) in [6.45, 7) is 7.77. The van der Waals surface area contributed by atoms with Crippen LogP contribution in [-0.4, -0.2) is 38.2 Å². The van der Waals surface area contributed by atoms with Crippen molar-refractivity contribution in [2.75, 3.05) is 33.3 Å². The highest BCUT2D eigenvalue weighted by Gasteiger charge is 2.09. The molecule has 0 aliphatic carbocycles. The maximum Gasteiger partial charge on any atom is 0.123 e. The number of benzene rings is 1. The van der Waals surface area contributed by atoms with E-state index in [1.54, 1.807) is 7.11 Å². The van der Waals surface area contributed by atoms with Crippen LogP contribution < -0.4 is 10.1 Å². The maximum absolute atomic E-state index is 5.40. The Labute approximate surface area is 116 Å². The molecule has 2 rings (SSSR count). The molecule has 0 saturated carbocycles. The molecule has 3 heteroatoms. The highest BCUT2D eigenvalue weighted by Crippen LogP contribution is 2.19. The van der Waals surface area contributed by atoms with Crippen molar-refractivity contribution in [3.8, 4) is 5.75 Å². The molecule has 1 aromatic rings. The van der Waals surface area contributed by atoms with Gasteiger partial charge in [-0.05, 0) is 38.9 Å². The van der Waals surface area contributed by atoms with Crippen molar-refractivity contribution in [3.05, 3.63) is 29.3 Å². The molecule has 1 fully saturated rings. The molecule has 106 valence electrons. The fraction of sp³-hybridized carbons (Fsp3) is 0.625. The number of rotatable bonds is 6. The van der Waals surface area contributed by atoms with Crippen LogP contribution >= 0.6 is 0 Å². The van der Waals surface area contributed by atoms with Crippen molar-refractivity contribution in [3.63, 3.8) is 0 Å². The maximum atomic E-state index is 5.40. The van der Waals surface area contributed by atoms with Crippen LogP contribution in [0.1, 0.15) is 30.4 Å². The topological polar surface area (TPSA) is 24.5 Å². The number of hydrogen-bond donors (Lipinski definition) is 1. The van der Waals surface area contributed by atoms with E-state index in [1.165, 1.54) is 43.5 Å². The molecule has 0 radical (unpaired) electrons. The first kappa shape index (κ1) is 14.4. The van der Waals surface area contributed by atoms with Gasteiger partial charge in [0, 0.05) is 25.2 Å². The summed E-state index contributed by atoms with van der Waals surface area (Å²) in [5.41, 5.74) is 2.54. The molecule has 0 spiro atoms. The number of methoxy groups -OCH3 is 1. The summed E-state index contributed by atoms with van der Waals surface area (Å²) in [5.74, 6) is 0.982. The normalized spacial score (nSPS) is 16.5. The van der Waals surface area contributed by atoms with Crippen molar-refractivity contribution < 1.29 is 4.74 Å². The van der Waals surface area contributed by atoms with Crippen LogP contribution in [0.2, 0.25) is 0 Å². The Bertz CT molecular complexity index is 386. The summed E-state index contributed by atoms with van der Waals surface area (Å²) < 4.78 is 5.40. The molecular weight excluding hydrogens is 236 g/mol. The molecule has 0 amide bonds. The smallest absolute Gasteiger partial charge is 0.123 e. The minimum absolute atomic E-state index is 0.888. The Balaban J connectivity index is 1.74. The molecule has 0 aromatic heterocycles. The van der Waals surface area contributed by atoms with Gasteiger partial charge in [-0.1, -0.05) is 24.1 Å². The molecule has 1 aliphatic rings. The minimum Gasteiger partial charge on any atom is -0.496 e. The van der Waals surface area contributed by atoms with Crippen molar-refractivity contribution >= 4 is 0 Å². The van der Waals surface area contributed by atoms with Crippen molar-refractivity contribution in [2.45, 2.75) is 32.7 Å². The van der Waals surface area contributed by atoms with Gasteiger partial charge in [-0.15, -0.1) is 0 Å². The van der Waals surface area contributed by atoms with Gasteiger partial charge in [0.1, 0.15) is 5.75 Å². The van der Waals surface area contributed by atoms with E-state index in [0.717, 1.165) is 25.4 Å². The molecule has 0 atom stereocenters. The SMILES string of the molecule is COc1ccc(C)cc1CNCCN1CCCCC1. The average Bonchev–Trinajstić information content (AvgIpc) is 2.45. The molecule has 0 unspecified atom stereocenters. The van der Waals surface area contributed by atoms with Crippen LogP contribution in [0.15, 0.2) is 18.2 Å². The Kier molecular flexibility index (Phi) is 5.67. The summed E-state index contributed by atoms with van der Waals surface area (Å²) in [4.78, 5) is 2.56. The Morgan fingerprint density at radius 2 is 2.00 bits per heavy atom. The van der Waals surface area contributed by atoms with Gasteiger partial charge >= 0.3 is 0 Å². The second kappa shape index (κ2) is 7.51. The van der Waals surface area contributed by atoms with E-state index in [9.17, 15) is 0 Å². The van der Waals surface area contributed by atoms with Crippen molar-refractivity contribution in [2.24, 2.45) is 0 Å². The predicted molar refractivity (Wildman–Crippen MR) is 79.7 cm³/mol. The van der Waals surface area contributed by atoms with Crippen LogP contribution in [0, 0.1) is 6.92 Å². The van der Waals surface area contributed by atoms with Crippen LogP contribution in [-0.2, 0) is 6.54 Å². The fourth-order valence-corrected chi connectivity index (χ4v) is 2.69. The molecule has 1 aliphatic heterocycles. The van der Waals surface area contributed by atoms with Crippen LogP contribution in [0.5, 0.6) is 5.75 Å². The number of aryl methyl sites for hydroxylation is 1. The summed E-state index contributed by atoms with van der Waals surface area (Å²) in [6.07, 6.45) is 4.14. The fourth-order valence-electron chi connectivity index (χ4n) is 2.69. The lowest BCUT2D eigenvalue weighted by Crippen LogP contribution is -2.35. The standard InChI is InChI=1S/C16H26N2O/c1-14-6-7-16(19-2)15(12-14)13-17-8-11-18-9-4-3-5-10-18/h6-7,12,17H,3-5,8-11,13H2,1-2H3. The van der Waals surface area contributed by atoms with Crippen LogP contribution in [0.4, 0.5) is 0 Å². The number of nitrogens with zero attached hydrogens (tertiary/aromatic N) is 1. The van der Waals surface area contributed by atoms with Gasteiger partial charge in [0.15, 0.2) is 0 Å². The predicted octanol–water partition coefficient (Wildman–Crippen LogP) is 2.58. The number of nitrogens with one attached hydrogen (secondary N) is 1. The summed E-state index contributed by atoms with van der Waals surface area (Å²) >= 11 is 0. The molecule has 1 heterocycles. The van der Waals surface area contributed by atoms with Crippen LogP contribution in [0.3, 0.4) is 0 Å². The van der Waals surface area contributed by atoms with Gasteiger partial charge < -0.3 is 15.0 Å². The first-order chi connectivity index (χ1) is 9.29. The van der Waals surface area contributed by atoms with E-state index in [2.05, 4.69) is 35.3 Å². The lowest BCUT2D eigenvalue weighted by molar-refractivity contribution is 0.229. The third-order valence-electron chi connectivity index (χ3n) is 3.80. The molecule has 19 heavy (non-hydrogen) atoms. The summed E-state index contributed by atoms with van der Waals surface area (Å²) in [7, 11) is 1.74. The lowest BCUT2D eigenvalue weighted by atomic mass is 10.1. The van der Waals surface area contributed by atoms with Gasteiger partial charge in [0.05, 0.1) is 7.11 Å².